The summed E-state index contributed by atoms with van der Waals surface area (Å²) in [6, 6.07) is 13.3. The number of hydrogen-bond donors (Lipinski definition) is 2. The Morgan fingerprint density at radius 1 is 0.909 bits per heavy atom. The normalized spacial score (nSPS) is 11.7. The molecule has 2 aromatic carbocycles. The van der Waals surface area contributed by atoms with Gasteiger partial charge in [0.25, 0.3) is 0 Å². The summed E-state index contributed by atoms with van der Waals surface area (Å²) in [5, 5.41) is 6.61. The number of carbonyl (C=O) groups excluding carboxylic acids is 1. The molecule has 0 unspecified atom stereocenters. The van der Waals surface area contributed by atoms with Crippen molar-refractivity contribution in [1.29, 1.82) is 0 Å². The van der Waals surface area contributed by atoms with Gasteiger partial charge in [-0.3, -0.25) is 0 Å². The molecular weight excluding hydrogens is 432 g/mol. The van der Waals surface area contributed by atoms with Gasteiger partial charge < -0.3 is 10.6 Å². The third-order valence-corrected chi connectivity index (χ3v) is 5.78. The summed E-state index contributed by atoms with van der Waals surface area (Å²) in [7, 11) is 0. The van der Waals surface area contributed by atoms with Crippen molar-refractivity contribution in [2.24, 2.45) is 0 Å². The third-order valence-electron chi connectivity index (χ3n) is 5.45. The van der Waals surface area contributed by atoms with Crippen LogP contribution in [0.25, 0.3) is 11.3 Å². The van der Waals surface area contributed by atoms with Gasteiger partial charge in [-0.1, -0.05) is 96.5 Å². The largest absolute Gasteiger partial charge is 0.323 e. The van der Waals surface area contributed by atoms with Crippen LogP contribution in [0.3, 0.4) is 0 Å². The first-order valence-corrected chi connectivity index (χ1v) is 11.7. The van der Waals surface area contributed by atoms with Crippen molar-refractivity contribution in [3.63, 3.8) is 0 Å². The number of halogens is 1. The number of urea groups is 1. The van der Waals surface area contributed by atoms with Gasteiger partial charge in [-0.25, -0.2) is 14.8 Å². The maximum atomic E-state index is 13.2. The highest BCUT2D eigenvalue weighted by Gasteiger charge is 2.22. The summed E-state index contributed by atoms with van der Waals surface area (Å²) in [6.45, 7) is 14.6. The number of nitrogens with one attached hydrogen (secondary N) is 2. The molecule has 0 saturated heterocycles. The Morgan fingerprint density at radius 3 is 2.06 bits per heavy atom. The summed E-state index contributed by atoms with van der Waals surface area (Å²) >= 11 is 6.49. The molecule has 3 aromatic rings. The molecule has 3 rings (SSSR count). The van der Waals surface area contributed by atoms with Crippen LogP contribution in [0.1, 0.15) is 77.3 Å². The van der Waals surface area contributed by atoms with Crippen molar-refractivity contribution >= 4 is 29.0 Å². The van der Waals surface area contributed by atoms with Gasteiger partial charge in [0.15, 0.2) is 0 Å². The molecule has 0 aliphatic heterocycles. The summed E-state index contributed by atoms with van der Waals surface area (Å²) in [4.78, 5) is 22.5. The minimum atomic E-state index is -0.342. The zero-order chi connectivity index (χ0) is 24.3. The van der Waals surface area contributed by atoms with Gasteiger partial charge in [-0.15, -0.1) is 0 Å². The first-order chi connectivity index (χ1) is 15.5. The Bertz CT molecular complexity index is 1120. The van der Waals surface area contributed by atoms with Crippen LogP contribution >= 0.6 is 11.6 Å². The van der Waals surface area contributed by atoms with E-state index in [1.165, 1.54) is 0 Å². The lowest BCUT2D eigenvalue weighted by Gasteiger charge is -2.22. The molecule has 0 fully saturated rings. The molecule has 6 heteroatoms. The molecule has 0 spiro atoms. The summed E-state index contributed by atoms with van der Waals surface area (Å²) < 4.78 is 0. The molecule has 1 aromatic heterocycles. The zero-order valence-electron chi connectivity index (χ0n) is 20.5. The third kappa shape index (κ3) is 5.72. The smallest absolute Gasteiger partial charge is 0.307 e. The lowest BCUT2D eigenvalue weighted by Crippen LogP contribution is -2.23. The predicted molar refractivity (Wildman–Crippen MR) is 138 cm³/mol. The maximum Gasteiger partial charge on any atom is 0.323 e. The Morgan fingerprint density at radius 2 is 1.52 bits per heavy atom. The first kappa shape index (κ1) is 24.7. The van der Waals surface area contributed by atoms with Crippen LogP contribution in [0.4, 0.5) is 16.2 Å². The van der Waals surface area contributed by atoms with E-state index in [1.54, 1.807) is 6.20 Å². The molecular formula is C27H33ClN4O. The van der Waals surface area contributed by atoms with Crippen LogP contribution in [0.2, 0.25) is 5.02 Å². The van der Waals surface area contributed by atoms with E-state index in [2.05, 4.69) is 76.2 Å². The SMILES string of the molecule is CC(C)c1cccc(C(C)C)c1NC(=O)Nc1cnc(C(C)(C)C)nc1-c1ccccc1Cl. The van der Waals surface area contributed by atoms with Crippen LogP contribution in [0, 0.1) is 0 Å². The fraction of sp³-hybridized carbons (Fsp3) is 0.370. The first-order valence-electron chi connectivity index (χ1n) is 11.3. The molecule has 5 nitrogen and oxygen atoms in total. The lowest BCUT2D eigenvalue weighted by molar-refractivity contribution is 0.262. The minimum Gasteiger partial charge on any atom is -0.307 e. The quantitative estimate of drug-likeness (QED) is 0.402. The van der Waals surface area contributed by atoms with Crippen LogP contribution < -0.4 is 10.6 Å². The fourth-order valence-corrected chi connectivity index (χ4v) is 3.88. The maximum absolute atomic E-state index is 13.2. The Hall–Kier alpha value is -2.92. The van der Waals surface area contributed by atoms with E-state index in [0.717, 1.165) is 22.4 Å². The number of rotatable bonds is 5. The molecule has 0 bridgehead atoms. The van der Waals surface area contributed by atoms with Crippen molar-refractivity contribution in [3.8, 4) is 11.3 Å². The highest BCUT2D eigenvalue weighted by atomic mass is 35.5. The van der Waals surface area contributed by atoms with Gasteiger partial charge in [0.2, 0.25) is 0 Å². The molecule has 2 amide bonds. The Balaban J connectivity index is 2.01. The van der Waals surface area contributed by atoms with Crippen molar-refractivity contribution in [1.82, 2.24) is 9.97 Å². The monoisotopic (exact) mass is 464 g/mol. The Kier molecular flexibility index (Phi) is 7.43. The number of aromatic nitrogens is 2. The summed E-state index contributed by atoms with van der Waals surface area (Å²) in [5.74, 6) is 1.22. The van der Waals surface area contributed by atoms with E-state index in [0.29, 0.717) is 22.2 Å². The van der Waals surface area contributed by atoms with Gasteiger partial charge in [0.1, 0.15) is 5.82 Å². The average molecular weight is 465 g/mol. The number of nitrogens with zero attached hydrogens (tertiary/aromatic N) is 2. The van der Waals surface area contributed by atoms with Crippen molar-refractivity contribution in [2.75, 3.05) is 10.6 Å². The van der Waals surface area contributed by atoms with Crippen molar-refractivity contribution in [2.45, 2.75) is 65.7 Å². The van der Waals surface area contributed by atoms with Gasteiger partial charge in [0, 0.05) is 16.7 Å². The zero-order valence-corrected chi connectivity index (χ0v) is 21.2. The number of anilines is 2. The second kappa shape index (κ2) is 9.92. The molecule has 174 valence electrons. The van der Waals surface area contributed by atoms with Crippen LogP contribution in [0.5, 0.6) is 0 Å². The molecule has 0 aliphatic rings. The van der Waals surface area contributed by atoms with E-state index in [4.69, 9.17) is 16.6 Å². The molecule has 0 atom stereocenters. The number of para-hydroxylation sites is 1. The lowest BCUT2D eigenvalue weighted by atomic mass is 9.93. The molecule has 0 aliphatic carbocycles. The van der Waals surface area contributed by atoms with E-state index in [-0.39, 0.29) is 23.3 Å². The topological polar surface area (TPSA) is 66.9 Å². The van der Waals surface area contributed by atoms with Crippen LogP contribution in [-0.4, -0.2) is 16.0 Å². The Labute approximate surface area is 202 Å². The van der Waals surface area contributed by atoms with Crippen LogP contribution in [0.15, 0.2) is 48.7 Å². The van der Waals surface area contributed by atoms with E-state index < -0.39 is 0 Å². The van der Waals surface area contributed by atoms with E-state index >= 15 is 0 Å². The van der Waals surface area contributed by atoms with Crippen molar-refractivity contribution in [3.05, 3.63) is 70.6 Å². The fourth-order valence-electron chi connectivity index (χ4n) is 3.66. The highest BCUT2D eigenvalue weighted by molar-refractivity contribution is 6.33. The second-order valence-electron chi connectivity index (χ2n) is 9.89. The molecule has 33 heavy (non-hydrogen) atoms. The van der Waals surface area contributed by atoms with Gasteiger partial charge in [0.05, 0.1) is 22.6 Å². The van der Waals surface area contributed by atoms with Gasteiger partial charge >= 0.3 is 6.03 Å². The molecule has 0 saturated carbocycles. The highest BCUT2D eigenvalue weighted by Crippen LogP contribution is 2.35. The summed E-state index contributed by atoms with van der Waals surface area (Å²) in [6.07, 6.45) is 1.66. The average Bonchev–Trinajstić information content (AvgIpc) is 2.73. The summed E-state index contributed by atoms with van der Waals surface area (Å²) in [5.41, 5.74) is 4.64. The second-order valence-corrected chi connectivity index (χ2v) is 10.3. The van der Waals surface area contributed by atoms with Gasteiger partial charge in [-0.05, 0) is 29.0 Å². The standard InChI is InChI=1S/C27H33ClN4O/c1-16(2)18-12-10-13-19(17(3)4)23(18)32-26(33)30-22-15-29-25(27(5,6)7)31-24(22)20-11-8-9-14-21(20)28/h8-17H,1-7H3,(H2,30,32,33). The number of carbonyl (C=O) groups is 1. The number of hydrogen-bond acceptors (Lipinski definition) is 3. The number of benzene rings is 2. The minimum absolute atomic E-state index is 0.251. The predicted octanol–water partition coefficient (Wildman–Crippen LogP) is 7.99. The van der Waals surface area contributed by atoms with E-state index in [1.807, 2.05) is 30.3 Å². The number of amides is 2. The molecule has 1 heterocycles. The van der Waals surface area contributed by atoms with Crippen molar-refractivity contribution < 1.29 is 4.79 Å². The van der Waals surface area contributed by atoms with Crippen LogP contribution in [-0.2, 0) is 5.41 Å². The molecule has 0 radical (unpaired) electrons. The molecule has 2 N–H and O–H groups in total. The van der Waals surface area contributed by atoms with Gasteiger partial charge in [-0.2, -0.15) is 0 Å². The van der Waals surface area contributed by atoms with E-state index in [9.17, 15) is 4.79 Å².